The molecular weight excluding hydrogens is 406 g/mol. The number of hydrogen-bond donors (Lipinski definition) is 1. The molecular formula is C30H47NO2. The zero-order valence-electron chi connectivity index (χ0n) is 21.9. The molecule has 3 fully saturated rings. The average Bonchev–Trinajstić information content (AvgIpc) is 3.32. The van der Waals surface area contributed by atoms with Crippen LogP contribution in [0.25, 0.3) is 0 Å². The van der Waals surface area contributed by atoms with Crippen LogP contribution in [0.2, 0.25) is 0 Å². The number of aliphatic hydroxyl groups is 1. The van der Waals surface area contributed by atoms with Gasteiger partial charge in [-0.05, 0) is 98.9 Å². The Morgan fingerprint density at radius 2 is 1.85 bits per heavy atom. The summed E-state index contributed by atoms with van der Waals surface area (Å²) in [5, 5.41) is 14.7. The number of fused-ring (bicyclic) bond motifs is 1. The van der Waals surface area contributed by atoms with Crippen LogP contribution in [-0.4, -0.2) is 22.5 Å². The van der Waals surface area contributed by atoms with Gasteiger partial charge in [0.2, 0.25) is 0 Å². The van der Waals surface area contributed by atoms with Crippen LogP contribution < -0.4 is 0 Å². The lowest BCUT2D eigenvalue weighted by Gasteiger charge is -2.44. The number of nitrogens with zero attached hydrogens (tertiary/aromatic N) is 1. The van der Waals surface area contributed by atoms with Gasteiger partial charge in [-0.1, -0.05) is 69.7 Å². The molecule has 0 bridgehead atoms. The zero-order chi connectivity index (χ0) is 23.8. The third-order valence-corrected chi connectivity index (χ3v) is 9.78. The Labute approximate surface area is 202 Å². The van der Waals surface area contributed by atoms with Crippen LogP contribution in [-0.2, 0) is 4.84 Å². The molecule has 1 N–H and O–H groups in total. The van der Waals surface area contributed by atoms with Crippen LogP contribution in [0, 0.1) is 35.0 Å². The van der Waals surface area contributed by atoms with E-state index in [0.29, 0.717) is 35.5 Å². The number of oxime groups is 1. The van der Waals surface area contributed by atoms with Crippen molar-refractivity contribution in [2.45, 2.75) is 111 Å². The van der Waals surface area contributed by atoms with E-state index < -0.39 is 0 Å². The van der Waals surface area contributed by atoms with Crippen molar-refractivity contribution in [3.63, 3.8) is 0 Å². The van der Waals surface area contributed by atoms with E-state index in [0.717, 1.165) is 30.9 Å². The second kappa shape index (κ2) is 9.72. The van der Waals surface area contributed by atoms with Crippen LogP contribution in [0.4, 0.5) is 0 Å². The van der Waals surface area contributed by atoms with Crippen molar-refractivity contribution in [1.82, 2.24) is 0 Å². The molecule has 0 unspecified atom stereocenters. The number of allylic oxidation sites excluding steroid dienone is 5. The molecule has 7 atom stereocenters. The Morgan fingerprint density at radius 1 is 1.06 bits per heavy atom. The predicted octanol–water partition coefficient (Wildman–Crippen LogP) is 7.62. The Morgan fingerprint density at radius 3 is 2.55 bits per heavy atom. The summed E-state index contributed by atoms with van der Waals surface area (Å²) in [5.41, 5.74) is 4.05. The summed E-state index contributed by atoms with van der Waals surface area (Å²) in [7, 11) is 0. The van der Waals surface area contributed by atoms with Gasteiger partial charge in [0.25, 0.3) is 0 Å². The summed E-state index contributed by atoms with van der Waals surface area (Å²) >= 11 is 0. The fraction of sp³-hybridized carbons (Fsp3) is 0.767. The normalized spacial score (nSPS) is 41.1. The molecule has 0 aromatic carbocycles. The minimum atomic E-state index is -0.303. The van der Waals surface area contributed by atoms with Gasteiger partial charge in [-0.2, -0.15) is 0 Å². The van der Waals surface area contributed by atoms with Gasteiger partial charge in [0.1, 0.15) is 0 Å². The molecule has 3 heteroatoms. The number of aliphatic hydroxyl groups excluding tert-OH is 1. The lowest BCUT2D eigenvalue weighted by Crippen LogP contribution is -2.38. The van der Waals surface area contributed by atoms with E-state index >= 15 is 0 Å². The molecule has 1 aliphatic heterocycles. The highest BCUT2D eigenvalue weighted by Crippen LogP contribution is 2.59. The second-order valence-electron chi connectivity index (χ2n) is 12.4. The zero-order valence-corrected chi connectivity index (χ0v) is 21.9. The molecule has 0 aromatic heterocycles. The molecule has 0 aromatic rings. The lowest BCUT2D eigenvalue weighted by atomic mass is 9.61. The van der Waals surface area contributed by atoms with Crippen LogP contribution in [0.1, 0.15) is 99.3 Å². The average molecular weight is 454 g/mol. The fourth-order valence-corrected chi connectivity index (χ4v) is 7.33. The van der Waals surface area contributed by atoms with E-state index in [1.807, 2.05) is 0 Å². The summed E-state index contributed by atoms with van der Waals surface area (Å²) in [6.07, 6.45) is 19.3. The monoisotopic (exact) mass is 453 g/mol. The predicted molar refractivity (Wildman–Crippen MR) is 138 cm³/mol. The molecule has 0 saturated heterocycles. The maximum atomic E-state index is 10.4. The van der Waals surface area contributed by atoms with Gasteiger partial charge in [-0.3, -0.25) is 0 Å². The number of rotatable bonds is 5. The fourth-order valence-electron chi connectivity index (χ4n) is 7.33. The van der Waals surface area contributed by atoms with E-state index in [9.17, 15) is 5.11 Å². The largest absolute Gasteiger partial charge is 0.393 e. The van der Waals surface area contributed by atoms with Crippen molar-refractivity contribution in [1.29, 1.82) is 0 Å². The first kappa shape index (κ1) is 24.8. The molecule has 1 spiro atoms. The topological polar surface area (TPSA) is 41.8 Å². The molecule has 184 valence electrons. The van der Waals surface area contributed by atoms with Gasteiger partial charge in [0.15, 0.2) is 5.60 Å². The van der Waals surface area contributed by atoms with Gasteiger partial charge in [0, 0.05) is 6.42 Å². The third kappa shape index (κ3) is 4.90. The van der Waals surface area contributed by atoms with Gasteiger partial charge >= 0.3 is 0 Å². The summed E-state index contributed by atoms with van der Waals surface area (Å²) in [6, 6.07) is 0. The second-order valence-corrected chi connectivity index (χ2v) is 12.4. The highest BCUT2D eigenvalue weighted by atomic mass is 16.7. The van der Waals surface area contributed by atoms with Gasteiger partial charge in [0.05, 0.1) is 11.8 Å². The summed E-state index contributed by atoms with van der Waals surface area (Å²) in [6.45, 7) is 14.1. The molecule has 0 amide bonds. The van der Waals surface area contributed by atoms with Gasteiger partial charge < -0.3 is 9.94 Å². The highest BCUT2D eigenvalue weighted by molar-refractivity contribution is 5.84. The first-order valence-electron chi connectivity index (χ1n) is 13.6. The van der Waals surface area contributed by atoms with Crippen molar-refractivity contribution in [2.75, 3.05) is 0 Å². The van der Waals surface area contributed by atoms with Crippen molar-refractivity contribution >= 4 is 5.71 Å². The standard InChI is InChI=1S/C30H47NO2/c1-20(2)21(3)9-10-22(4)27-13-14-28-24(8-7-16-29(27,28)6)11-12-25-18-26(32)15-17-30(25)19-23(5)31-33-30/h9-12,20-22,26-28,32H,7-8,13-19H2,1-6H3/b10-9+,24-11+,25-12+/t21-,22+,26-,27+,28-,29+,30-/m0/s1. The van der Waals surface area contributed by atoms with E-state index in [-0.39, 0.29) is 11.7 Å². The highest BCUT2D eigenvalue weighted by Gasteiger charge is 2.50. The van der Waals surface area contributed by atoms with Gasteiger partial charge in [-0.25, -0.2) is 0 Å². The molecule has 1 heterocycles. The van der Waals surface area contributed by atoms with Crippen LogP contribution in [0.5, 0.6) is 0 Å². The molecule has 3 nitrogen and oxygen atoms in total. The molecule has 3 saturated carbocycles. The molecule has 3 aliphatic carbocycles. The lowest BCUT2D eigenvalue weighted by molar-refractivity contribution is -0.0282. The van der Waals surface area contributed by atoms with Crippen LogP contribution in [0.15, 0.2) is 40.6 Å². The Bertz CT molecular complexity index is 836. The van der Waals surface area contributed by atoms with Crippen molar-refractivity contribution < 1.29 is 9.94 Å². The number of hydrogen-bond acceptors (Lipinski definition) is 3. The van der Waals surface area contributed by atoms with E-state index in [1.165, 1.54) is 37.7 Å². The summed E-state index contributed by atoms with van der Waals surface area (Å²) in [5.74, 6) is 3.46. The minimum absolute atomic E-state index is 0.252. The van der Waals surface area contributed by atoms with E-state index in [4.69, 9.17) is 4.84 Å². The third-order valence-electron chi connectivity index (χ3n) is 9.78. The Kier molecular flexibility index (Phi) is 7.29. The minimum Gasteiger partial charge on any atom is -0.393 e. The molecule has 0 radical (unpaired) electrons. The van der Waals surface area contributed by atoms with E-state index in [2.05, 4.69) is 71.0 Å². The molecule has 33 heavy (non-hydrogen) atoms. The Hall–Kier alpha value is -1.35. The first-order chi connectivity index (χ1) is 15.6. The van der Waals surface area contributed by atoms with Crippen molar-refractivity contribution in [2.24, 2.45) is 40.2 Å². The van der Waals surface area contributed by atoms with Crippen molar-refractivity contribution in [3.8, 4) is 0 Å². The SMILES string of the molecule is CC1=NO[C@@]2(CC[C@H](O)C/C2=C\C=C2/CCC[C@]3(C)[C@@H]([C@H](C)/C=C/[C@H](C)C(C)C)CC[C@@H]23)C1. The first-order valence-corrected chi connectivity index (χ1v) is 13.6. The van der Waals surface area contributed by atoms with Crippen LogP contribution >= 0.6 is 0 Å². The maximum Gasteiger partial charge on any atom is 0.164 e. The smallest absolute Gasteiger partial charge is 0.164 e. The summed E-state index contributed by atoms with van der Waals surface area (Å²) in [4.78, 5) is 5.98. The van der Waals surface area contributed by atoms with Gasteiger partial charge in [-0.15, -0.1) is 0 Å². The molecule has 4 aliphatic rings. The van der Waals surface area contributed by atoms with Crippen molar-refractivity contribution in [3.05, 3.63) is 35.5 Å². The van der Waals surface area contributed by atoms with Crippen LogP contribution in [0.3, 0.4) is 0 Å². The maximum absolute atomic E-state index is 10.4. The summed E-state index contributed by atoms with van der Waals surface area (Å²) < 4.78 is 0. The quantitative estimate of drug-likeness (QED) is 0.435. The Balaban J connectivity index is 1.53. The van der Waals surface area contributed by atoms with E-state index in [1.54, 1.807) is 5.57 Å². The molecule has 4 rings (SSSR count).